The Morgan fingerprint density at radius 2 is 1.91 bits per heavy atom. The number of hydrogen-bond donors (Lipinski definition) is 3. The fourth-order valence-electron chi connectivity index (χ4n) is 2.23. The summed E-state index contributed by atoms with van der Waals surface area (Å²) in [5.41, 5.74) is 0.138. The summed E-state index contributed by atoms with van der Waals surface area (Å²) in [6.45, 7) is 1.55. The van der Waals surface area contributed by atoms with Crippen LogP contribution < -0.4 is 16.0 Å². The van der Waals surface area contributed by atoms with Gasteiger partial charge in [0.25, 0.3) is 5.91 Å². The van der Waals surface area contributed by atoms with Gasteiger partial charge in [-0.1, -0.05) is 0 Å². The molecule has 23 heavy (non-hydrogen) atoms. The van der Waals surface area contributed by atoms with E-state index in [4.69, 9.17) is 5.26 Å². The molecule has 1 fully saturated rings. The number of piperidine rings is 1. The Morgan fingerprint density at radius 1 is 1.26 bits per heavy atom. The number of hydrogen-bond acceptors (Lipinski definition) is 4. The van der Waals surface area contributed by atoms with Crippen LogP contribution in [-0.2, 0) is 9.59 Å². The van der Waals surface area contributed by atoms with Crippen LogP contribution in [0.5, 0.6) is 0 Å². The lowest BCUT2D eigenvalue weighted by atomic mass is 9.97. The zero-order chi connectivity index (χ0) is 16.7. The van der Waals surface area contributed by atoms with E-state index in [-0.39, 0.29) is 17.4 Å². The third-order valence-corrected chi connectivity index (χ3v) is 3.54. The minimum Gasteiger partial charge on any atom is -0.331 e. The van der Waals surface area contributed by atoms with Crippen LogP contribution in [0.3, 0.4) is 0 Å². The first kappa shape index (κ1) is 16.6. The van der Waals surface area contributed by atoms with Crippen molar-refractivity contribution in [3.63, 3.8) is 0 Å². The number of nitriles is 1. The first-order chi connectivity index (χ1) is 11.1. The van der Waals surface area contributed by atoms with Crippen molar-refractivity contribution in [1.82, 2.24) is 10.6 Å². The Labute approximate surface area is 133 Å². The number of nitrogens with one attached hydrogen (secondary N) is 3. The molecule has 2 rings (SSSR count). The molecule has 0 bridgehead atoms. The Morgan fingerprint density at radius 3 is 2.52 bits per heavy atom. The molecule has 0 aromatic heterocycles. The van der Waals surface area contributed by atoms with Gasteiger partial charge in [-0.25, -0.2) is 4.39 Å². The second-order valence-electron chi connectivity index (χ2n) is 5.16. The van der Waals surface area contributed by atoms with E-state index >= 15 is 0 Å². The van der Waals surface area contributed by atoms with Crippen LogP contribution in [0.25, 0.3) is 0 Å². The molecule has 1 aliphatic heterocycles. The molecule has 1 aromatic rings. The minimum atomic E-state index is -0.662. The van der Waals surface area contributed by atoms with Crippen molar-refractivity contribution in [3.8, 4) is 6.07 Å². The lowest BCUT2D eigenvalue weighted by molar-refractivity contribution is -0.124. The molecule has 2 amide bonds. The second kappa shape index (κ2) is 8.06. The SMILES string of the molecule is N#C/C(=C/NC(=O)C1CCNCC1)C(=O)Nc1ccc(F)cc1. The molecule has 1 aromatic carbocycles. The van der Waals surface area contributed by atoms with Gasteiger partial charge in [-0.3, -0.25) is 9.59 Å². The number of carbonyl (C=O) groups excluding carboxylic acids is 2. The smallest absolute Gasteiger partial charge is 0.267 e. The van der Waals surface area contributed by atoms with E-state index in [1.807, 2.05) is 0 Å². The molecule has 1 saturated heterocycles. The average Bonchev–Trinajstić information content (AvgIpc) is 2.58. The first-order valence-electron chi connectivity index (χ1n) is 7.28. The van der Waals surface area contributed by atoms with E-state index in [0.29, 0.717) is 5.69 Å². The Kier molecular flexibility index (Phi) is 5.83. The highest BCUT2D eigenvalue weighted by molar-refractivity contribution is 6.06. The van der Waals surface area contributed by atoms with Gasteiger partial charge >= 0.3 is 0 Å². The Balaban J connectivity index is 1.94. The predicted octanol–water partition coefficient (Wildman–Crippen LogP) is 1.29. The van der Waals surface area contributed by atoms with Crippen molar-refractivity contribution in [2.75, 3.05) is 18.4 Å². The molecule has 0 aliphatic carbocycles. The van der Waals surface area contributed by atoms with Gasteiger partial charge in [0.2, 0.25) is 5.91 Å². The molecule has 0 unspecified atom stereocenters. The summed E-state index contributed by atoms with van der Waals surface area (Å²) in [5, 5.41) is 17.2. The third kappa shape index (κ3) is 4.90. The van der Waals surface area contributed by atoms with Gasteiger partial charge in [-0.15, -0.1) is 0 Å². The molecule has 0 saturated carbocycles. The van der Waals surface area contributed by atoms with Crippen molar-refractivity contribution >= 4 is 17.5 Å². The van der Waals surface area contributed by atoms with E-state index < -0.39 is 11.7 Å². The highest BCUT2D eigenvalue weighted by Crippen LogP contribution is 2.12. The fraction of sp³-hybridized carbons (Fsp3) is 0.312. The van der Waals surface area contributed by atoms with Gasteiger partial charge in [0.05, 0.1) is 0 Å². The van der Waals surface area contributed by atoms with Gasteiger partial charge in [-0.05, 0) is 50.2 Å². The largest absolute Gasteiger partial charge is 0.331 e. The molecule has 0 atom stereocenters. The summed E-state index contributed by atoms with van der Waals surface area (Å²) in [7, 11) is 0. The minimum absolute atomic E-state index is 0.118. The van der Waals surface area contributed by atoms with Crippen LogP contribution in [0.15, 0.2) is 36.0 Å². The highest BCUT2D eigenvalue weighted by Gasteiger charge is 2.20. The lowest BCUT2D eigenvalue weighted by Gasteiger charge is -2.20. The van der Waals surface area contributed by atoms with Crippen LogP contribution in [0.4, 0.5) is 10.1 Å². The van der Waals surface area contributed by atoms with E-state index in [1.54, 1.807) is 6.07 Å². The van der Waals surface area contributed by atoms with Gasteiger partial charge in [0, 0.05) is 17.8 Å². The zero-order valence-electron chi connectivity index (χ0n) is 12.4. The number of carbonyl (C=O) groups is 2. The summed E-state index contributed by atoms with van der Waals surface area (Å²) < 4.78 is 12.8. The quantitative estimate of drug-likeness (QED) is 0.576. The molecule has 120 valence electrons. The summed E-state index contributed by atoms with van der Waals surface area (Å²) in [4.78, 5) is 23.9. The maximum absolute atomic E-state index is 12.8. The lowest BCUT2D eigenvalue weighted by Crippen LogP contribution is -2.36. The Bertz CT molecular complexity index is 643. The van der Waals surface area contributed by atoms with E-state index in [0.717, 1.165) is 32.1 Å². The van der Waals surface area contributed by atoms with Crippen molar-refractivity contribution in [1.29, 1.82) is 5.26 Å². The van der Waals surface area contributed by atoms with Crippen LogP contribution in [0, 0.1) is 23.1 Å². The van der Waals surface area contributed by atoms with Gasteiger partial charge in [-0.2, -0.15) is 5.26 Å². The third-order valence-electron chi connectivity index (χ3n) is 3.54. The molecule has 1 aliphatic rings. The molecule has 3 N–H and O–H groups in total. The van der Waals surface area contributed by atoms with Crippen LogP contribution in [0.2, 0.25) is 0 Å². The van der Waals surface area contributed by atoms with Crippen LogP contribution >= 0.6 is 0 Å². The number of rotatable bonds is 4. The predicted molar refractivity (Wildman–Crippen MR) is 82.5 cm³/mol. The van der Waals surface area contributed by atoms with E-state index in [1.165, 1.54) is 24.3 Å². The molecule has 6 nitrogen and oxygen atoms in total. The molecule has 7 heteroatoms. The number of nitrogens with zero attached hydrogens (tertiary/aromatic N) is 1. The molecular formula is C16H17FN4O2. The Hall–Kier alpha value is -2.72. The normalized spacial score (nSPS) is 15.6. The fourth-order valence-corrected chi connectivity index (χ4v) is 2.23. The van der Waals surface area contributed by atoms with Gasteiger partial charge in [0.1, 0.15) is 17.5 Å². The van der Waals surface area contributed by atoms with E-state index in [2.05, 4.69) is 16.0 Å². The number of benzene rings is 1. The van der Waals surface area contributed by atoms with Crippen molar-refractivity contribution in [2.24, 2.45) is 5.92 Å². The first-order valence-corrected chi connectivity index (χ1v) is 7.28. The monoisotopic (exact) mass is 316 g/mol. The number of amides is 2. The van der Waals surface area contributed by atoms with Crippen molar-refractivity contribution < 1.29 is 14.0 Å². The highest BCUT2D eigenvalue weighted by atomic mass is 19.1. The van der Waals surface area contributed by atoms with Crippen LogP contribution in [-0.4, -0.2) is 24.9 Å². The number of halogens is 1. The van der Waals surface area contributed by atoms with Crippen molar-refractivity contribution in [3.05, 3.63) is 41.9 Å². The molecule has 1 heterocycles. The molecule has 0 radical (unpaired) electrons. The summed E-state index contributed by atoms with van der Waals surface area (Å²) in [6, 6.07) is 6.91. The van der Waals surface area contributed by atoms with Gasteiger partial charge < -0.3 is 16.0 Å². The maximum Gasteiger partial charge on any atom is 0.267 e. The average molecular weight is 316 g/mol. The van der Waals surface area contributed by atoms with Crippen LogP contribution in [0.1, 0.15) is 12.8 Å². The molecule has 0 spiro atoms. The van der Waals surface area contributed by atoms with E-state index in [9.17, 15) is 14.0 Å². The summed E-state index contributed by atoms with van der Waals surface area (Å²) >= 11 is 0. The molecular weight excluding hydrogens is 299 g/mol. The van der Waals surface area contributed by atoms with Gasteiger partial charge in [0.15, 0.2) is 0 Å². The topological polar surface area (TPSA) is 94.0 Å². The summed E-state index contributed by atoms with van der Waals surface area (Å²) in [5.74, 6) is -1.40. The zero-order valence-corrected chi connectivity index (χ0v) is 12.4. The summed E-state index contributed by atoms with van der Waals surface area (Å²) in [6.07, 6.45) is 2.57. The van der Waals surface area contributed by atoms with Crippen molar-refractivity contribution in [2.45, 2.75) is 12.8 Å². The maximum atomic E-state index is 12.8. The standard InChI is InChI=1S/C16H17FN4O2/c17-13-1-3-14(4-2-13)21-16(23)12(9-18)10-20-15(22)11-5-7-19-8-6-11/h1-4,10-11,19H,5-8H2,(H,20,22)(H,21,23)/b12-10-. The second-order valence-corrected chi connectivity index (χ2v) is 5.16. The number of anilines is 1.